The average Bonchev–Trinajstić information content (AvgIpc) is 2.49. The van der Waals surface area contributed by atoms with Crippen LogP contribution in [0.2, 0.25) is 0 Å². The first kappa shape index (κ1) is 46.3. The molecule has 0 heterocycles. The first-order chi connectivity index (χ1) is 13.0. The average molecular weight is 593 g/mol. The Morgan fingerprint density at radius 1 is 0.758 bits per heavy atom. The molecule has 33 heavy (non-hydrogen) atoms. The molecule has 0 rings (SSSR count). The van der Waals surface area contributed by atoms with Crippen molar-refractivity contribution in [2.24, 2.45) is 0 Å². The van der Waals surface area contributed by atoms with Gasteiger partial charge < -0.3 is 58.8 Å². The Hall–Kier alpha value is 3.48. The van der Waals surface area contributed by atoms with Gasteiger partial charge >= 0.3 is 111 Å². The maximum atomic E-state index is 11.1. The molecule has 0 saturated heterocycles. The van der Waals surface area contributed by atoms with E-state index in [4.69, 9.17) is 39.4 Å². The summed E-state index contributed by atoms with van der Waals surface area (Å²) in [4.78, 5) is 72.2. The maximum absolute atomic E-state index is 11.1. The van der Waals surface area contributed by atoms with E-state index in [-0.39, 0.29) is 95.2 Å². The molecule has 9 N–H and O–H groups in total. The number of hydrogen-bond acceptors (Lipinski definition) is 8. The molecule has 0 aliphatic heterocycles. The summed E-state index contributed by atoms with van der Waals surface area (Å²) in [6.45, 7) is 2.96. The van der Waals surface area contributed by atoms with Crippen molar-refractivity contribution in [3.05, 3.63) is 0 Å². The zero-order chi connectivity index (χ0) is 24.8. The van der Waals surface area contributed by atoms with Gasteiger partial charge in [0.15, 0.2) is 7.60 Å². The Kier molecular flexibility index (Phi) is 25.2. The Morgan fingerprint density at radius 2 is 1.12 bits per heavy atom. The fraction of sp³-hybridized carbons (Fsp3) is 1.00. The van der Waals surface area contributed by atoms with E-state index >= 15 is 0 Å². The van der Waals surface area contributed by atoms with Crippen LogP contribution in [0.1, 0.15) is 39.5 Å². The molecular formula is C11H30NNa3O14P4+2. The second kappa shape index (κ2) is 17.9. The normalized spacial score (nSPS) is 16.1. The van der Waals surface area contributed by atoms with Crippen LogP contribution in [-0.2, 0) is 18.3 Å². The first-order valence-electron chi connectivity index (χ1n) is 8.29. The Labute approximate surface area is 258 Å². The molecule has 0 aliphatic carbocycles. The summed E-state index contributed by atoms with van der Waals surface area (Å²) < 4.78 is 42.6. The molecule has 0 aromatic carbocycles. The minimum absolute atomic E-state index is 0. The van der Waals surface area contributed by atoms with Gasteiger partial charge in [-0.2, -0.15) is 0 Å². The SMILES string of the molecule is CC(O)(P(=O)([O-])O)P(=O)(O)O.CCCCCN(C)CCC(O)(P(=O)(O)O)P(=O)(O)O.[Na+].[Na+].[Na+]. The quantitative estimate of drug-likeness (QED) is 0.0611. The van der Waals surface area contributed by atoms with Gasteiger partial charge in [0, 0.05) is 13.0 Å². The van der Waals surface area contributed by atoms with Crippen LogP contribution in [0.5, 0.6) is 0 Å². The zero-order valence-electron chi connectivity index (χ0n) is 19.5. The third-order valence-corrected chi connectivity index (χ3v) is 11.6. The maximum Gasteiger partial charge on any atom is 1.00 e. The van der Waals surface area contributed by atoms with Crippen LogP contribution in [0.25, 0.3) is 0 Å². The standard InChI is InChI=1S/C9H23NO7P2.C2H8O7P2.3Na/c1-3-4-5-7-10(2)8-6-9(11,18(12,13)14)19(15,16)17;1-2(3,10(4,5)6)11(7,8)9;;;/h11H,3-8H2,1-2H3,(H2,12,13,14)(H2,15,16,17);3H,1H3,(H2,4,5,6)(H2,7,8,9);;;/q;;3*+1/p-1. The van der Waals surface area contributed by atoms with Gasteiger partial charge in [0.05, 0.1) is 0 Å². The van der Waals surface area contributed by atoms with E-state index in [1.807, 2.05) is 6.92 Å². The number of unbranched alkanes of at least 4 members (excludes halogenated alkanes) is 2. The molecule has 0 aliphatic rings. The van der Waals surface area contributed by atoms with Crippen LogP contribution in [0, 0.1) is 0 Å². The predicted octanol–water partition coefficient (Wildman–Crippen LogP) is -10.1. The molecule has 0 radical (unpaired) electrons. The Bertz CT molecular complexity index is 686. The summed E-state index contributed by atoms with van der Waals surface area (Å²) in [5.41, 5.74) is 0. The van der Waals surface area contributed by atoms with Crippen LogP contribution < -0.4 is 93.6 Å². The van der Waals surface area contributed by atoms with Gasteiger partial charge in [0.1, 0.15) is 0 Å². The monoisotopic (exact) mass is 593 g/mol. The fourth-order valence-corrected chi connectivity index (χ4v) is 5.17. The minimum atomic E-state index is -5.45. The van der Waals surface area contributed by atoms with Gasteiger partial charge in [0.2, 0.25) is 5.08 Å². The van der Waals surface area contributed by atoms with Gasteiger partial charge in [-0.3, -0.25) is 13.7 Å². The molecule has 0 saturated carbocycles. The van der Waals surface area contributed by atoms with E-state index in [1.165, 1.54) is 0 Å². The number of nitrogens with zero attached hydrogens (tertiary/aromatic N) is 1. The number of aliphatic hydroxyl groups is 2. The van der Waals surface area contributed by atoms with Crippen molar-refractivity contribution in [2.75, 3.05) is 20.1 Å². The molecule has 2 unspecified atom stereocenters. The summed E-state index contributed by atoms with van der Waals surface area (Å²) in [6, 6.07) is 0. The van der Waals surface area contributed by atoms with Crippen LogP contribution in [0.4, 0.5) is 0 Å². The third kappa shape index (κ3) is 15.6. The van der Waals surface area contributed by atoms with Crippen molar-refractivity contribution in [1.82, 2.24) is 4.90 Å². The van der Waals surface area contributed by atoms with Crippen molar-refractivity contribution in [1.29, 1.82) is 0 Å². The predicted molar refractivity (Wildman–Crippen MR) is 103 cm³/mol. The van der Waals surface area contributed by atoms with E-state index < -0.39 is 47.0 Å². The topological polar surface area (TPSA) is 277 Å². The van der Waals surface area contributed by atoms with Crippen LogP contribution in [0.3, 0.4) is 0 Å². The van der Waals surface area contributed by atoms with Crippen molar-refractivity contribution >= 4 is 30.4 Å². The van der Waals surface area contributed by atoms with Gasteiger partial charge in [-0.25, -0.2) is 0 Å². The second-order valence-corrected chi connectivity index (χ2v) is 14.9. The molecule has 0 aromatic rings. The van der Waals surface area contributed by atoms with Gasteiger partial charge in [-0.1, -0.05) is 19.8 Å². The van der Waals surface area contributed by atoms with E-state index in [0.29, 0.717) is 13.5 Å². The van der Waals surface area contributed by atoms with Gasteiger partial charge in [-0.05, 0) is 26.9 Å². The summed E-state index contributed by atoms with van der Waals surface area (Å²) >= 11 is 0. The minimum Gasteiger partial charge on any atom is -0.776 e. The molecule has 22 heteroatoms. The van der Waals surface area contributed by atoms with Crippen molar-refractivity contribution in [2.45, 2.75) is 49.7 Å². The van der Waals surface area contributed by atoms with Gasteiger partial charge in [0.25, 0.3) is 5.08 Å². The second-order valence-electron chi connectivity index (χ2n) is 6.66. The zero-order valence-corrected chi connectivity index (χ0v) is 29.1. The summed E-state index contributed by atoms with van der Waals surface area (Å²) in [5.74, 6) is 0. The molecule has 0 spiro atoms. The summed E-state index contributed by atoms with van der Waals surface area (Å²) in [5, 5.41) is 11.5. The smallest absolute Gasteiger partial charge is 0.776 e. The van der Waals surface area contributed by atoms with Crippen LogP contribution in [-0.4, -0.2) is 79.7 Å². The molecule has 184 valence electrons. The van der Waals surface area contributed by atoms with Gasteiger partial charge in [-0.15, -0.1) is 0 Å². The van der Waals surface area contributed by atoms with Crippen molar-refractivity contribution in [3.8, 4) is 0 Å². The number of hydrogen-bond donors (Lipinski definition) is 9. The molecule has 0 aromatic heterocycles. The fourth-order valence-electron chi connectivity index (χ4n) is 1.71. The molecule has 2 atom stereocenters. The van der Waals surface area contributed by atoms with Crippen molar-refractivity contribution in [3.63, 3.8) is 0 Å². The number of rotatable bonds is 11. The van der Waals surface area contributed by atoms with E-state index in [9.17, 15) is 28.3 Å². The Balaban J connectivity index is -0.000000162. The van der Waals surface area contributed by atoms with Crippen molar-refractivity contribution < 1.29 is 156 Å². The molecular weight excluding hydrogens is 563 g/mol. The summed E-state index contributed by atoms with van der Waals surface area (Å²) in [6.07, 6.45) is 2.19. The Morgan fingerprint density at radius 3 is 1.33 bits per heavy atom. The van der Waals surface area contributed by atoms with E-state index in [2.05, 4.69) is 0 Å². The molecule has 0 bridgehead atoms. The van der Waals surface area contributed by atoms with E-state index in [0.717, 1.165) is 19.3 Å². The third-order valence-electron chi connectivity index (χ3n) is 3.99. The first-order valence-corrected chi connectivity index (χ1v) is 14.7. The molecule has 0 fully saturated rings. The largest absolute Gasteiger partial charge is 1.00 e. The van der Waals surface area contributed by atoms with Crippen LogP contribution >= 0.6 is 30.4 Å². The summed E-state index contributed by atoms with van der Waals surface area (Å²) in [7, 11) is -19.7. The molecule has 0 amide bonds. The van der Waals surface area contributed by atoms with E-state index in [1.54, 1.807) is 11.9 Å². The molecule has 15 nitrogen and oxygen atoms in total. The van der Waals surface area contributed by atoms with Crippen LogP contribution in [0.15, 0.2) is 0 Å².